The third-order valence-electron chi connectivity index (χ3n) is 12.5. The Labute approximate surface area is 356 Å². The van der Waals surface area contributed by atoms with E-state index in [4.69, 9.17) is 18.9 Å². The molecule has 2 fully saturated rings. The summed E-state index contributed by atoms with van der Waals surface area (Å²) >= 11 is 0. The maximum Gasteiger partial charge on any atom is 0.419 e. The molecule has 0 aromatic heterocycles. The van der Waals surface area contributed by atoms with Gasteiger partial charge in [-0.15, -0.1) is 0 Å². The highest BCUT2D eigenvalue weighted by molar-refractivity contribution is 5.91. The number of carbonyl (C=O) groups excluding carboxylic acids is 2. The number of cyclic esters (lactones) is 1. The number of carbonyl (C=O) groups is 2. The minimum atomic E-state index is -5.07. The van der Waals surface area contributed by atoms with Gasteiger partial charge in [0.25, 0.3) is 0 Å². The Bertz CT molecular complexity index is 1770. The van der Waals surface area contributed by atoms with Crippen LogP contribution in [0.15, 0.2) is 48.5 Å². The molecule has 0 aliphatic carbocycles. The molecule has 0 unspecified atom stereocenters. The molecule has 0 spiro atoms. The maximum absolute atomic E-state index is 14.5. The second-order valence-corrected chi connectivity index (χ2v) is 17.7. The topological polar surface area (TPSA) is 162 Å². The van der Waals surface area contributed by atoms with Gasteiger partial charge in [-0.2, -0.15) is 13.2 Å². The number of para-hydroxylation sites is 1. The first-order chi connectivity index (χ1) is 28.2. The number of esters is 1. The maximum atomic E-state index is 14.5. The van der Waals surface area contributed by atoms with Gasteiger partial charge in [-0.05, 0) is 97.2 Å². The van der Waals surface area contributed by atoms with Crippen LogP contribution in [0.5, 0.6) is 5.75 Å². The first kappa shape index (κ1) is 50.1. The van der Waals surface area contributed by atoms with Crippen LogP contribution >= 0.6 is 0 Å². The number of hydrogen-bond acceptors (Lipinski definition) is 11. The van der Waals surface area contributed by atoms with Gasteiger partial charge in [0.2, 0.25) is 0 Å². The molecule has 344 valence electrons. The van der Waals surface area contributed by atoms with E-state index in [1.54, 1.807) is 72.1 Å². The Kier molecular flexibility index (Phi) is 16.3. The number of anilines is 1. The zero-order valence-electron chi connectivity index (χ0n) is 37.0. The second kappa shape index (κ2) is 19.9. The minimum Gasteiger partial charge on any atom is -0.483 e. The average molecular weight is 872 g/mol. The van der Waals surface area contributed by atoms with E-state index in [-0.39, 0.29) is 25.2 Å². The number of benzene rings is 2. The average Bonchev–Trinajstić information content (AvgIpc) is 3.19. The molecule has 2 aromatic rings. The standard InChI is InChI=1S/C44H65F4N3O10/c1-12-34-43(8,57)37(53)28(6)49(9)23-24(2)22-42(7,56)38(26(4)35(52)27(5)39(54)60-34)61-40-36(59-30-18-19-32(45)31(21-30)44(46,47)48)33(20-25(3)58-40)51(11)41(55)50(10)29-16-14-13-15-17-29/h13-19,21,24-28,33-38,40,52-53,56-57H,12,20,22-23H2,1-11H3/t24-,25-,26+,27-,28-,33+,34-,35+,36-,37-,38-,40+,42-,43-/m1/s1. The zero-order valence-corrected chi connectivity index (χ0v) is 37.0. The highest BCUT2D eigenvalue weighted by atomic mass is 19.4. The molecule has 61 heavy (non-hydrogen) atoms. The normalized spacial score (nSPS) is 36.3. The third kappa shape index (κ3) is 11.5. The second-order valence-electron chi connectivity index (χ2n) is 17.7. The molecule has 14 atom stereocenters. The molecule has 2 amide bonds. The van der Waals surface area contributed by atoms with Crippen LogP contribution in [0.25, 0.3) is 0 Å². The molecule has 2 aliphatic rings. The first-order valence-electron chi connectivity index (χ1n) is 20.8. The highest BCUT2D eigenvalue weighted by Crippen LogP contribution is 2.39. The Hall–Kier alpha value is -3.58. The summed E-state index contributed by atoms with van der Waals surface area (Å²) in [6.45, 7) is 13.1. The Morgan fingerprint density at radius 2 is 1.64 bits per heavy atom. The molecule has 2 heterocycles. The van der Waals surface area contributed by atoms with Crippen molar-refractivity contribution < 1.29 is 66.5 Å². The fourth-order valence-electron chi connectivity index (χ4n) is 8.81. The van der Waals surface area contributed by atoms with E-state index < -0.39 is 113 Å². The van der Waals surface area contributed by atoms with Crippen molar-refractivity contribution in [3.8, 4) is 5.75 Å². The molecule has 0 radical (unpaired) electrons. The number of aliphatic hydroxyl groups is 4. The molecule has 17 heteroatoms. The van der Waals surface area contributed by atoms with Crippen molar-refractivity contribution in [3.05, 3.63) is 59.9 Å². The SMILES string of the molecule is CC[C@H]1OC(=O)[C@H](C)[C@@H](O)[C@H](C)[C@@H](O[C@@H]2O[C@H](C)C[C@H](N(C)C(=O)N(C)c3ccccc3)[C@H]2Oc2ccc(F)c(C(F)(F)F)c2)[C@](C)(O)C[C@@H](C)CN(C)[C@H](C)[C@@H](O)[C@]1(C)O. The van der Waals surface area contributed by atoms with Crippen molar-refractivity contribution in [1.82, 2.24) is 9.80 Å². The molecule has 2 aliphatic heterocycles. The first-order valence-corrected chi connectivity index (χ1v) is 20.8. The van der Waals surface area contributed by atoms with Crippen molar-refractivity contribution >= 4 is 17.7 Å². The van der Waals surface area contributed by atoms with Crippen LogP contribution in [0, 0.1) is 23.6 Å². The van der Waals surface area contributed by atoms with Crippen molar-refractivity contribution in [2.45, 2.75) is 147 Å². The number of urea groups is 1. The highest BCUT2D eigenvalue weighted by Gasteiger charge is 2.51. The smallest absolute Gasteiger partial charge is 0.419 e. The lowest BCUT2D eigenvalue weighted by molar-refractivity contribution is -0.293. The van der Waals surface area contributed by atoms with Crippen molar-refractivity contribution in [1.29, 1.82) is 0 Å². The predicted octanol–water partition coefficient (Wildman–Crippen LogP) is 5.85. The lowest BCUT2D eigenvalue weighted by Gasteiger charge is -2.48. The van der Waals surface area contributed by atoms with Crippen LogP contribution in [0.4, 0.5) is 28.0 Å². The van der Waals surface area contributed by atoms with Crippen LogP contribution in [0.1, 0.15) is 80.2 Å². The Balaban J connectivity index is 1.83. The van der Waals surface area contributed by atoms with E-state index in [0.29, 0.717) is 24.4 Å². The van der Waals surface area contributed by atoms with Crippen LogP contribution in [0.3, 0.4) is 0 Å². The molecule has 13 nitrogen and oxygen atoms in total. The van der Waals surface area contributed by atoms with Crippen molar-refractivity contribution in [2.75, 3.05) is 32.6 Å². The van der Waals surface area contributed by atoms with Gasteiger partial charge in [0.05, 0.1) is 41.4 Å². The summed E-state index contributed by atoms with van der Waals surface area (Å²) in [6.07, 6.45) is -13.9. The van der Waals surface area contributed by atoms with Crippen LogP contribution in [-0.4, -0.2) is 136 Å². The monoisotopic (exact) mass is 871 g/mol. The molecule has 0 bridgehead atoms. The van der Waals surface area contributed by atoms with Gasteiger partial charge in [0.1, 0.15) is 29.4 Å². The fourth-order valence-corrected chi connectivity index (χ4v) is 8.81. The summed E-state index contributed by atoms with van der Waals surface area (Å²) in [5.41, 5.74) is -4.72. The molecular formula is C44H65F4N3O10. The van der Waals surface area contributed by atoms with Gasteiger partial charge >= 0.3 is 18.2 Å². The largest absolute Gasteiger partial charge is 0.483 e. The van der Waals surface area contributed by atoms with E-state index in [0.717, 1.165) is 6.07 Å². The summed E-state index contributed by atoms with van der Waals surface area (Å²) in [6, 6.07) is 8.79. The van der Waals surface area contributed by atoms with Crippen molar-refractivity contribution in [2.24, 2.45) is 17.8 Å². The van der Waals surface area contributed by atoms with Crippen molar-refractivity contribution in [3.63, 3.8) is 0 Å². The van der Waals surface area contributed by atoms with E-state index >= 15 is 0 Å². The number of aliphatic hydroxyl groups excluding tert-OH is 2. The van der Waals surface area contributed by atoms with Crippen LogP contribution < -0.4 is 9.64 Å². The number of nitrogens with zero attached hydrogens (tertiary/aromatic N) is 3. The van der Waals surface area contributed by atoms with Gasteiger partial charge < -0.3 is 49.2 Å². The van der Waals surface area contributed by atoms with E-state index in [9.17, 15) is 47.6 Å². The third-order valence-corrected chi connectivity index (χ3v) is 12.5. The lowest BCUT2D eigenvalue weighted by atomic mass is 9.78. The van der Waals surface area contributed by atoms with Crippen LogP contribution in [-0.2, 0) is 25.2 Å². The minimum absolute atomic E-state index is 0.0269. The van der Waals surface area contributed by atoms with E-state index in [1.165, 1.54) is 37.6 Å². The molecular weight excluding hydrogens is 806 g/mol. The number of halogens is 4. The number of hydrogen-bond donors (Lipinski definition) is 4. The Morgan fingerprint density at radius 1 is 1.02 bits per heavy atom. The summed E-state index contributed by atoms with van der Waals surface area (Å²) in [4.78, 5) is 32.3. The number of amides is 2. The van der Waals surface area contributed by atoms with Crippen LogP contribution in [0.2, 0.25) is 0 Å². The summed E-state index contributed by atoms with van der Waals surface area (Å²) < 4.78 is 81.4. The molecule has 4 rings (SSSR count). The summed E-state index contributed by atoms with van der Waals surface area (Å²) in [7, 11) is 4.80. The Morgan fingerprint density at radius 3 is 2.23 bits per heavy atom. The molecule has 4 N–H and O–H groups in total. The van der Waals surface area contributed by atoms with Gasteiger partial charge in [0, 0.05) is 38.3 Å². The predicted molar refractivity (Wildman–Crippen MR) is 219 cm³/mol. The number of likely N-dealkylation sites (N-methyl/N-ethyl adjacent to an activating group) is 2. The molecule has 2 aromatic carbocycles. The van der Waals surface area contributed by atoms with Gasteiger partial charge in [-0.25, -0.2) is 9.18 Å². The number of alkyl halides is 3. The molecule has 0 saturated carbocycles. The zero-order chi connectivity index (χ0) is 45.9. The van der Waals surface area contributed by atoms with E-state index in [2.05, 4.69) is 0 Å². The fraction of sp³-hybridized carbons (Fsp3) is 0.682. The summed E-state index contributed by atoms with van der Waals surface area (Å²) in [5.74, 6) is -5.46. The van der Waals surface area contributed by atoms with Gasteiger partial charge in [0.15, 0.2) is 12.4 Å². The molecule has 2 saturated heterocycles. The quantitative estimate of drug-likeness (QED) is 0.195. The number of rotatable bonds is 7. The lowest BCUT2D eigenvalue weighted by Crippen LogP contribution is -2.62. The summed E-state index contributed by atoms with van der Waals surface area (Å²) in [5, 5.41) is 47.3. The van der Waals surface area contributed by atoms with Gasteiger partial charge in [-0.3, -0.25) is 9.69 Å². The van der Waals surface area contributed by atoms with E-state index in [1.807, 2.05) is 11.8 Å². The van der Waals surface area contributed by atoms with Gasteiger partial charge in [-0.1, -0.05) is 39.0 Å². The number of ether oxygens (including phenoxy) is 4.